The van der Waals surface area contributed by atoms with E-state index in [1.54, 1.807) is 17.4 Å². The van der Waals surface area contributed by atoms with E-state index in [0.29, 0.717) is 17.2 Å². The van der Waals surface area contributed by atoms with Crippen molar-refractivity contribution in [2.45, 2.75) is 13.0 Å². The Hall–Kier alpha value is -3.38. The molecular weight excluding hydrogens is 384 g/mol. The van der Waals surface area contributed by atoms with Gasteiger partial charge in [0.25, 0.3) is 5.91 Å². The Morgan fingerprint density at radius 1 is 1.07 bits per heavy atom. The summed E-state index contributed by atoms with van der Waals surface area (Å²) in [5.41, 5.74) is 3.95. The van der Waals surface area contributed by atoms with E-state index >= 15 is 0 Å². The molecule has 1 amide bonds. The minimum atomic E-state index is -0.683. The third-order valence-corrected chi connectivity index (χ3v) is 5.81. The third-order valence-electron chi connectivity index (χ3n) is 4.74. The fraction of sp³-hybridized carbons (Fsp3) is 0.130. The molecule has 2 heterocycles. The number of carbonyl (C=O) groups is 1. The molecule has 1 aliphatic rings. The lowest BCUT2D eigenvalue weighted by Crippen LogP contribution is -2.40. The normalized spacial score (nSPS) is 15.3. The topological polar surface area (TPSA) is 60.5 Å². The van der Waals surface area contributed by atoms with Gasteiger partial charge in [-0.2, -0.15) is 0 Å². The van der Waals surface area contributed by atoms with Crippen molar-refractivity contribution in [3.63, 3.8) is 0 Å². The Balaban J connectivity index is 1.29. The van der Waals surface area contributed by atoms with Gasteiger partial charge in [-0.05, 0) is 61.0 Å². The molecular formula is C23H18N2O3S. The Bertz CT molecular complexity index is 1200. The molecule has 0 saturated carbocycles. The zero-order valence-electron chi connectivity index (χ0n) is 15.7. The Morgan fingerprint density at radius 2 is 1.86 bits per heavy atom. The third kappa shape index (κ3) is 3.54. The van der Waals surface area contributed by atoms with Gasteiger partial charge in [-0.3, -0.25) is 4.79 Å². The maximum Gasteiger partial charge on any atom is 0.269 e. The number of rotatable bonds is 3. The number of benzene rings is 3. The average molecular weight is 402 g/mol. The first-order chi connectivity index (χ1) is 14.2. The summed E-state index contributed by atoms with van der Waals surface area (Å²) in [6.45, 7) is 2.27. The number of amides is 1. The molecule has 0 saturated heterocycles. The number of aromatic nitrogens is 1. The highest BCUT2D eigenvalue weighted by molar-refractivity contribution is 7.21. The van der Waals surface area contributed by atoms with E-state index in [1.165, 1.54) is 10.3 Å². The van der Waals surface area contributed by atoms with Crippen LogP contribution in [0.5, 0.6) is 11.5 Å². The molecule has 5 nitrogen and oxygen atoms in total. The largest absolute Gasteiger partial charge is 0.485 e. The van der Waals surface area contributed by atoms with Crippen molar-refractivity contribution in [1.29, 1.82) is 0 Å². The smallest absolute Gasteiger partial charge is 0.269 e. The Labute approximate surface area is 171 Å². The number of thiazole rings is 1. The van der Waals surface area contributed by atoms with Crippen LogP contribution in [0.3, 0.4) is 0 Å². The van der Waals surface area contributed by atoms with Gasteiger partial charge in [0.15, 0.2) is 11.5 Å². The fourth-order valence-electron chi connectivity index (χ4n) is 3.22. The lowest BCUT2D eigenvalue weighted by molar-refractivity contribution is -0.125. The van der Waals surface area contributed by atoms with Crippen molar-refractivity contribution >= 4 is 33.1 Å². The van der Waals surface area contributed by atoms with Crippen LogP contribution >= 0.6 is 11.3 Å². The van der Waals surface area contributed by atoms with Crippen LogP contribution in [0.4, 0.5) is 5.69 Å². The summed E-state index contributed by atoms with van der Waals surface area (Å²) >= 11 is 1.67. The summed E-state index contributed by atoms with van der Waals surface area (Å²) in [6, 6.07) is 21.3. The number of hydrogen-bond acceptors (Lipinski definition) is 5. The van der Waals surface area contributed by atoms with Gasteiger partial charge in [-0.1, -0.05) is 18.2 Å². The van der Waals surface area contributed by atoms with E-state index in [2.05, 4.69) is 24.4 Å². The summed E-state index contributed by atoms with van der Waals surface area (Å²) in [5, 5.41) is 3.86. The zero-order chi connectivity index (χ0) is 19.8. The predicted molar refractivity (Wildman–Crippen MR) is 115 cm³/mol. The first-order valence-corrected chi connectivity index (χ1v) is 10.1. The first-order valence-electron chi connectivity index (χ1n) is 9.33. The molecule has 29 heavy (non-hydrogen) atoms. The molecule has 0 bridgehead atoms. The number of fused-ring (bicyclic) bond motifs is 2. The van der Waals surface area contributed by atoms with Crippen LogP contribution in [0.15, 0.2) is 66.7 Å². The van der Waals surface area contributed by atoms with E-state index in [0.717, 1.165) is 16.1 Å². The molecule has 3 aromatic carbocycles. The summed E-state index contributed by atoms with van der Waals surface area (Å²) in [4.78, 5) is 17.3. The quantitative estimate of drug-likeness (QED) is 0.521. The number of ether oxygens (including phenoxy) is 2. The predicted octanol–water partition coefficient (Wildman–Crippen LogP) is 5.05. The highest BCUT2D eigenvalue weighted by Crippen LogP contribution is 2.32. The molecule has 1 aliphatic heterocycles. The number of aryl methyl sites for hydroxylation is 1. The summed E-state index contributed by atoms with van der Waals surface area (Å²) in [6.07, 6.45) is -0.683. The van der Waals surface area contributed by atoms with Gasteiger partial charge >= 0.3 is 0 Å². The number of hydrogen-bond donors (Lipinski definition) is 1. The van der Waals surface area contributed by atoms with Crippen molar-refractivity contribution in [3.8, 4) is 22.1 Å². The molecule has 1 atom stereocenters. The molecule has 1 N–H and O–H groups in total. The summed E-state index contributed by atoms with van der Waals surface area (Å²) < 4.78 is 12.5. The molecule has 6 heteroatoms. The average Bonchev–Trinajstić information content (AvgIpc) is 3.17. The van der Waals surface area contributed by atoms with E-state index < -0.39 is 6.10 Å². The minimum absolute atomic E-state index is 0.187. The monoisotopic (exact) mass is 402 g/mol. The summed E-state index contributed by atoms with van der Waals surface area (Å²) in [5.74, 6) is 1.01. The Kier molecular flexibility index (Phi) is 4.41. The van der Waals surface area contributed by atoms with Gasteiger partial charge in [0.05, 0.1) is 10.2 Å². The van der Waals surface area contributed by atoms with Crippen molar-refractivity contribution < 1.29 is 14.3 Å². The molecule has 144 valence electrons. The van der Waals surface area contributed by atoms with Gasteiger partial charge in [-0.25, -0.2) is 4.98 Å². The lowest BCUT2D eigenvalue weighted by Gasteiger charge is -2.25. The maximum atomic E-state index is 12.6. The maximum absolute atomic E-state index is 12.6. The molecule has 4 aromatic rings. The van der Waals surface area contributed by atoms with Crippen LogP contribution < -0.4 is 14.8 Å². The van der Waals surface area contributed by atoms with E-state index in [9.17, 15) is 4.79 Å². The minimum Gasteiger partial charge on any atom is -0.485 e. The van der Waals surface area contributed by atoms with Gasteiger partial charge in [0, 0.05) is 11.3 Å². The number of nitrogens with zero attached hydrogens (tertiary/aromatic N) is 1. The van der Waals surface area contributed by atoms with Crippen LogP contribution in [-0.2, 0) is 4.79 Å². The molecule has 0 fully saturated rings. The fourth-order valence-corrected chi connectivity index (χ4v) is 4.29. The Morgan fingerprint density at radius 3 is 2.69 bits per heavy atom. The lowest BCUT2D eigenvalue weighted by atomic mass is 10.2. The van der Waals surface area contributed by atoms with Gasteiger partial charge in [0.2, 0.25) is 6.10 Å². The van der Waals surface area contributed by atoms with Crippen molar-refractivity contribution in [1.82, 2.24) is 4.98 Å². The number of nitrogens with one attached hydrogen (secondary N) is 1. The van der Waals surface area contributed by atoms with E-state index in [1.807, 2.05) is 48.5 Å². The first kappa shape index (κ1) is 17.7. The van der Waals surface area contributed by atoms with Gasteiger partial charge in [0.1, 0.15) is 11.6 Å². The van der Waals surface area contributed by atoms with Crippen molar-refractivity contribution in [2.24, 2.45) is 0 Å². The highest BCUT2D eigenvalue weighted by Gasteiger charge is 2.27. The second kappa shape index (κ2) is 7.22. The van der Waals surface area contributed by atoms with Gasteiger partial charge < -0.3 is 14.8 Å². The standard InChI is InChI=1S/C23H18N2O3S/c1-14-6-11-17-21(12-14)29-23(25-17)15-7-9-16(10-8-15)24-22(26)20-13-27-18-4-2-3-5-19(18)28-20/h2-12,20H,13H2,1H3,(H,24,26)/t20-/m1/s1. The molecule has 0 spiro atoms. The zero-order valence-corrected chi connectivity index (χ0v) is 16.5. The molecule has 0 radical (unpaired) electrons. The SMILES string of the molecule is Cc1ccc2nc(-c3ccc(NC(=O)[C@H]4COc5ccccc5O4)cc3)sc2c1. The number of carbonyl (C=O) groups excluding carboxylic acids is 1. The molecule has 0 aliphatic carbocycles. The van der Waals surface area contributed by atoms with Gasteiger partial charge in [-0.15, -0.1) is 11.3 Å². The second-order valence-electron chi connectivity index (χ2n) is 6.92. The molecule has 5 rings (SSSR count). The van der Waals surface area contributed by atoms with Crippen LogP contribution in [0.1, 0.15) is 5.56 Å². The van der Waals surface area contributed by atoms with Crippen LogP contribution in [0.2, 0.25) is 0 Å². The van der Waals surface area contributed by atoms with Crippen molar-refractivity contribution in [3.05, 3.63) is 72.3 Å². The van der Waals surface area contributed by atoms with E-state index in [4.69, 9.17) is 14.5 Å². The van der Waals surface area contributed by atoms with Crippen LogP contribution in [0, 0.1) is 6.92 Å². The van der Waals surface area contributed by atoms with E-state index in [-0.39, 0.29) is 12.5 Å². The highest BCUT2D eigenvalue weighted by atomic mass is 32.1. The summed E-state index contributed by atoms with van der Waals surface area (Å²) in [7, 11) is 0. The molecule has 0 unspecified atom stereocenters. The van der Waals surface area contributed by atoms with Crippen molar-refractivity contribution in [2.75, 3.05) is 11.9 Å². The number of para-hydroxylation sites is 2. The number of anilines is 1. The molecule has 1 aromatic heterocycles. The van der Waals surface area contributed by atoms with Crippen LogP contribution in [0.25, 0.3) is 20.8 Å². The second-order valence-corrected chi connectivity index (χ2v) is 7.95. The van der Waals surface area contributed by atoms with Crippen LogP contribution in [-0.4, -0.2) is 23.6 Å².